The first-order valence-corrected chi connectivity index (χ1v) is 9.00. The molecule has 0 spiro atoms. The van der Waals surface area contributed by atoms with Crippen molar-refractivity contribution < 1.29 is 9.53 Å². The summed E-state index contributed by atoms with van der Waals surface area (Å²) >= 11 is 0. The van der Waals surface area contributed by atoms with Gasteiger partial charge in [0.05, 0.1) is 12.8 Å². The van der Waals surface area contributed by atoms with E-state index in [9.17, 15) is 4.79 Å². The van der Waals surface area contributed by atoms with Crippen LogP contribution >= 0.6 is 0 Å². The Morgan fingerprint density at radius 3 is 2.35 bits per heavy atom. The van der Waals surface area contributed by atoms with Crippen LogP contribution in [0.2, 0.25) is 0 Å². The summed E-state index contributed by atoms with van der Waals surface area (Å²) in [6, 6.07) is 12.3. The molecule has 0 aliphatic carbocycles. The molecule has 1 saturated heterocycles. The number of anilines is 2. The van der Waals surface area contributed by atoms with Crippen molar-refractivity contribution in [1.82, 2.24) is 4.90 Å². The van der Waals surface area contributed by atoms with E-state index < -0.39 is 0 Å². The summed E-state index contributed by atoms with van der Waals surface area (Å²) in [4.78, 5) is 16.8. The Morgan fingerprint density at radius 1 is 0.962 bits per heavy atom. The van der Waals surface area contributed by atoms with Crippen LogP contribution in [0, 0.1) is 20.8 Å². The Hall–Kier alpha value is -2.69. The van der Waals surface area contributed by atoms with Crippen molar-refractivity contribution >= 4 is 17.4 Å². The Morgan fingerprint density at radius 2 is 1.69 bits per heavy atom. The van der Waals surface area contributed by atoms with Crippen LogP contribution in [-0.2, 0) is 0 Å². The first-order chi connectivity index (χ1) is 12.5. The van der Waals surface area contributed by atoms with Gasteiger partial charge < -0.3 is 19.9 Å². The van der Waals surface area contributed by atoms with Crippen molar-refractivity contribution in [2.75, 3.05) is 43.5 Å². The van der Waals surface area contributed by atoms with E-state index >= 15 is 0 Å². The second-order valence-electron chi connectivity index (χ2n) is 6.88. The third-order valence-corrected chi connectivity index (χ3v) is 5.02. The van der Waals surface area contributed by atoms with Gasteiger partial charge in [0, 0.05) is 31.9 Å². The highest BCUT2D eigenvalue weighted by Gasteiger charge is 2.22. The number of aryl methyl sites for hydroxylation is 3. The molecule has 0 aromatic heterocycles. The molecule has 2 aromatic carbocycles. The number of piperazine rings is 1. The number of nitrogens with zero attached hydrogens (tertiary/aromatic N) is 2. The molecule has 1 heterocycles. The second kappa shape index (κ2) is 7.68. The van der Waals surface area contributed by atoms with Crippen LogP contribution < -0.4 is 15.0 Å². The summed E-state index contributed by atoms with van der Waals surface area (Å²) in [5.41, 5.74) is 5.64. The first kappa shape index (κ1) is 18.1. The maximum absolute atomic E-state index is 12.6. The quantitative estimate of drug-likeness (QED) is 0.908. The van der Waals surface area contributed by atoms with Gasteiger partial charge in [-0.25, -0.2) is 4.79 Å². The molecule has 1 fully saturated rings. The minimum absolute atomic E-state index is 0.0753. The number of benzene rings is 2. The lowest BCUT2D eigenvalue weighted by molar-refractivity contribution is 0.208. The van der Waals surface area contributed by atoms with Crippen molar-refractivity contribution in [3.8, 4) is 5.75 Å². The van der Waals surface area contributed by atoms with Crippen molar-refractivity contribution in [2.24, 2.45) is 0 Å². The van der Waals surface area contributed by atoms with Gasteiger partial charge in [0.15, 0.2) is 0 Å². The molecule has 1 N–H and O–H groups in total. The summed E-state index contributed by atoms with van der Waals surface area (Å²) in [6.45, 7) is 9.33. The molecule has 5 heteroatoms. The Balaban J connectivity index is 1.62. The van der Waals surface area contributed by atoms with Gasteiger partial charge in [0.1, 0.15) is 5.75 Å². The van der Waals surface area contributed by atoms with Crippen LogP contribution in [0.15, 0.2) is 36.4 Å². The number of carbonyl (C=O) groups is 1. The SMILES string of the molecule is COc1ccc(C)cc1NC(=O)N1CCN(c2ccc(C)c(C)c2)CC1. The fourth-order valence-electron chi connectivity index (χ4n) is 3.20. The van der Waals surface area contributed by atoms with Crippen LogP contribution in [0.4, 0.5) is 16.2 Å². The van der Waals surface area contributed by atoms with Crippen LogP contribution in [-0.4, -0.2) is 44.2 Å². The topological polar surface area (TPSA) is 44.8 Å². The number of rotatable bonds is 3. The number of urea groups is 1. The largest absolute Gasteiger partial charge is 0.495 e. The lowest BCUT2D eigenvalue weighted by Crippen LogP contribution is -2.50. The van der Waals surface area contributed by atoms with E-state index in [0.29, 0.717) is 24.5 Å². The number of carbonyl (C=O) groups excluding carboxylic acids is 1. The molecule has 0 atom stereocenters. The van der Waals surface area contributed by atoms with Crippen molar-refractivity contribution in [3.05, 3.63) is 53.1 Å². The Bertz CT molecular complexity index is 796. The summed E-state index contributed by atoms with van der Waals surface area (Å²) in [5, 5.41) is 2.99. The van der Waals surface area contributed by atoms with Crippen molar-refractivity contribution in [1.29, 1.82) is 0 Å². The molecule has 5 nitrogen and oxygen atoms in total. The van der Waals surface area contributed by atoms with E-state index in [1.807, 2.05) is 30.0 Å². The molecule has 1 aliphatic heterocycles. The highest BCUT2D eigenvalue weighted by Crippen LogP contribution is 2.26. The van der Waals surface area contributed by atoms with Gasteiger partial charge in [-0.1, -0.05) is 12.1 Å². The smallest absolute Gasteiger partial charge is 0.322 e. The monoisotopic (exact) mass is 353 g/mol. The molecule has 1 aliphatic rings. The number of nitrogens with one attached hydrogen (secondary N) is 1. The minimum Gasteiger partial charge on any atom is -0.495 e. The molecule has 0 radical (unpaired) electrons. The van der Waals surface area contributed by atoms with Gasteiger partial charge in [-0.2, -0.15) is 0 Å². The summed E-state index contributed by atoms with van der Waals surface area (Å²) in [5.74, 6) is 0.678. The van der Waals surface area contributed by atoms with Gasteiger partial charge in [-0.15, -0.1) is 0 Å². The molecule has 26 heavy (non-hydrogen) atoms. The van der Waals surface area contributed by atoms with Gasteiger partial charge in [-0.3, -0.25) is 0 Å². The molecule has 2 aromatic rings. The first-order valence-electron chi connectivity index (χ1n) is 9.00. The van der Waals surface area contributed by atoms with Crippen molar-refractivity contribution in [3.63, 3.8) is 0 Å². The van der Waals surface area contributed by atoms with E-state index in [1.54, 1.807) is 7.11 Å². The average molecular weight is 353 g/mol. The molecule has 138 valence electrons. The number of hydrogen-bond donors (Lipinski definition) is 1. The van der Waals surface area contributed by atoms with Gasteiger partial charge in [0.2, 0.25) is 0 Å². The van der Waals surface area contributed by atoms with E-state index in [0.717, 1.165) is 18.7 Å². The molecule has 0 saturated carbocycles. The lowest BCUT2D eigenvalue weighted by Gasteiger charge is -2.36. The predicted molar refractivity (Wildman–Crippen MR) is 106 cm³/mol. The van der Waals surface area contributed by atoms with Gasteiger partial charge >= 0.3 is 6.03 Å². The normalized spacial score (nSPS) is 14.3. The van der Waals surface area contributed by atoms with Crippen LogP contribution in [0.1, 0.15) is 16.7 Å². The lowest BCUT2D eigenvalue weighted by atomic mass is 10.1. The number of ether oxygens (including phenoxy) is 1. The number of hydrogen-bond acceptors (Lipinski definition) is 3. The predicted octanol–water partition coefficient (Wildman–Crippen LogP) is 3.97. The van der Waals surface area contributed by atoms with E-state index in [1.165, 1.54) is 16.8 Å². The number of amides is 2. The fourth-order valence-corrected chi connectivity index (χ4v) is 3.20. The summed E-state index contributed by atoms with van der Waals surface area (Å²) in [6.07, 6.45) is 0. The molecule has 2 amide bonds. The second-order valence-corrected chi connectivity index (χ2v) is 6.88. The Kier molecular flexibility index (Phi) is 5.35. The average Bonchev–Trinajstić information content (AvgIpc) is 2.64. The van der Waals surface area contributed by atoms with Crippen molar-refractivity contribution in [2.45, 2.75) is 20.8 Å². The molecular formula is C21H27N3O2. The molecule has 0 bridgehead atoms. The minimum atomic E-state index is -0.0753. The highest BCUT2D eigenvalue weighted by molar-refractivity contribution is 5.91. The van der Waals surface area contributed by atoms with Gasteiger partial charge in [-0.05, 0) is 61.7 Å². The third kappa shape index (κ3) is 3.93. The maximum atomic E-state index is 12.6. The fraction of sp³-hybridized carbons (Fsp3) is 0.381. The standard InChI is InChI=1S/C21H27N3O2/c1-15-5-8-20(26-4)19(13-15)22-21(25)24-11-9-23(10-12-24)18-7-6-16(2)17(3)14-18/h5-8,13-14H,9-12H2,1-4H3,(H,22,25). The molecule has 3 rings (SSSR count). The number of methoxy groups -OCH3 is 1. The zero-order valence-electron chi connectivity index (χ0n) is 16.0. The third-order valence-electron chi connectivity index (χ3n) is 5.02. The Labute approximate surface area is 155 Å². The van der Waals surface area contributed by atoms with Gasteiger partial charge in [0.25, 0.3) is 0 Å². The highest BCUT2D eigenvalue weighted by atomic mass is 16.5. The van der Waals surface area contributed by atoms with E-state index in [-0.39, 0.29) is 6.03 Å². The zero-order chi connectivity index (χ0) is 18.7. The van der Waals surface area contributed by atoms with E-state index in [2.05, 4.69) is 42.3 Å². The van der Waals surface area contributed by atoms with E-state index in [4.69, 9.17) is 4.74 Å². The van der Waals surface area contributed by atoms with Crippen LogP contribution in [0.5, 0.6) is 5.75 Å². The zero-order valence-corrected chi connectivity index (χ0v) is 16.0. The maximum Gasteiger partial charge on any atom is 0.322 e. The van der Waals surface area contributed by atoms with Crippen LogP contribution in [0.25, 0.3) is 0 Å². The molecular weight excluding hydrogens is 326 g/mol. The molecule has 0 unspecified atom stereocenters. The summed E-state index contributed by atoms with van der Waals surface area (Å²) < 4.78 is 5.34. The summed E-state index contributed by atoms with van der Waals surface area (Å²) in [7, 11) is 1.61. The van der Waals surface area contributed by atoms with Crippen LogP contribution in [0.3, 0.4) is 0 Å².